The summed E-state index contributed by atoms with van der Waals surface area (Å²) in [7, 11) is 2.02. The van der Waals surface area contributed by atoms with Gasteiger partial charge in [0, 0.05) is 63.0 Å². The molecule has 0 aliphatic rings. The minimum atomic E-state index is -0.222. The molecule has 0 fully saturated rings. The van der Waals surface area contributed by atoms with Crippen LogP contribution in [0, 0.1) is 0 Å². The zero-order chi connectivity index (χ0) is 92.6. The molecule has 4 heterocycles. The maximum absolute atomic E-state index is 12.1. The smallest absolute Gasteiger partial charge is 0.222 e. The van der Waals surface area contributed by atoms with E-state index >= 15 is 0 Å². The van der Waals surface area contributed by atoms with Crippen LogP contribution in [0.5, 0.6) is 0 Å². The number of nitrogen functional groups attached to an aromatic ring is 1. The second kappa shape index (κ2) is 41.9. The van der Waals surface area contributed by atoms with E-state index in [1.54, 1.807) is 12.1 Å². The Hall–Kier alpha value is -15.9. The number of fused-ring (bicyclic) bond motifs is 4. The number of aryl methyl sites for hydroxylation is 1. The summed E-state index contributed by atoms with van der Waals surface area (Å²) < 4.78 is 2.09. The minimum absolute atomic E-state index is 0.0901. The highest BCUT2D eigenvalue weighted by molar-refractivity contribution is 6.00. The third-order valence-electron chi connectivity index (χ3n) is 24.2. The molecule has 0 saturated heterocycles. The Balaban J connectivity index is 0.000000124. The number of aliphatic hydroxyl groups excluding tert-OH is 8. The Kier molecular flexibility index (Phi) is 28.2. The van der Waals surface area contributed by atoms with Crippen LogP contribution in [0.4, 0.5) is 11.6 Å². The number of nitrogens with two attached hydrogens (primary N) is 1. The molecule has 658 valence electrons. The lowest BCUT2D eigenvalue weighted by Crippen LogP contribution is -2.29. The van der Waals surface area contributed by atoms with Crippen molar-refractivity contribution in [2.24, 2.45) is 7.05 Å². The molecule has 20 rings (SSSR count). The zero-order valence-corrected chi connectivity index (χ0v) is 74.1. The van der Waals surface area contributed by atoms with Crippen LogP contribution in [0.2, 0.25) is 0 Å². The van der Waals surface area contributed by atoms with E-state index in [4.69, 9.17) is 10.7 Å². The second-order valence-corrected chi connectivity index (χ2v) is 33.1. The molecular formula is C119H99N6O9+. The predicted octanol–water partition coefficient (Wildman–Crippen LogP) is 23.9. The van der Waals surface area contributed by atoms with Gasteiger partial charge in [0.2, 0.25) is 11.4 Å². The molecule has 1 amide bonds. The van der Waals surface area contributed by atoms with Crippen LogP contribution in [-0.2, 0) is 64.7 Å². The van der Waals surface area contributed by atoms with Gasteiger partial charge in [-0.25, -0.2) is 14.5 Å². The zero-order valence-electron chi connectivity index (χ0n) is 74.1. The third kappa shape index (κ3) is 20.6. The first-order chi connectivity index (χ1) is 65.6. The Morgan fingerprint density at radius 1 is 0.261 bits per heavy atom. The van der Waals surface area contributed by atoms with Crippen LogP contribution in [0.15, 0.2) is 401 Å². The van der Waals surface area contributed by atoms with E-state index in [-0.39, 0.29) is 58.8 Å². The molecular weight excluding hydrogens is 1660 g/mol. The van der Waals surface area contributed by atoms with Crippen LogP contribution in [0.25, 0.3) is 177 Å². The van der Waals surface area contributed by atoms with Crippen molar-refractivity contribution in [3.63, 3.8) is 0 Å². The van der Waals surface area contributed by atoms with Gasteiger partial charge < -0.3 is 51.9 Å². The van der Waals surface area contributed by atoms with Gasteiger partial charge in [-0.2, -0.15) is 0 Å². The van der Waals surface area contributed by atoms with Gasteiger partial charge in [0.25, 0.3) is 0 Å². The molecule has 16 aromatic carbocycles. The van der Waals surface area contributed by atoms with Crippen molar-refractivity contribution in [3.05, 3.63) is 445 Å². The van der Waals surface area contributed by atoms with Crippen molar-refractivity contribution in [3.8, 4) is 134 Å². The summed E-state index contributed by atoms with van der Waals surface area (Å²) in [6.45, 7) is 0.350. The summed E-state index contributed by atoms with van der Waals surface area (Å²) in [6, 6.07) is 132. The summed E-state index contributed by atoms with van der Waals surface area (Å²) >= 11 is 0. The number of amides is 1. The molecule has 0 radical (unpaired) electrons. The molecule has 15 nitrogen and oxygen atoms in total. The summed E-state index contributed by atoms with van der Waals surface area (Å²) in [5.41, 5.74) is 40.9. The fraction of sp³-hybridized carbons (Fsp3) is 0.0840. The monoisotopic (exact) mass is 1760 g/mol. The first-order valence-electron chi connectivity index (χ1n) is 44.4. The first kappa shape index (κ1) is 90.1. The highest BCUT2D eigenvalue weighted by Gasteiger charge is 2.21. The van der Waals surface area contributed by atoms with Crippen molar-refractivity contribution in [1.82, 2.24) is 15.0 Å². The lowest BCUT2D eigenvalue weighted by molar-refractivity contribution is -0.644. The van der Waals surface area contributed by atoms with Gasteiger partial charge >= 0.3 is 0 Å². The van der Waals surface area contributed by atoms with Gasteiger partial charge in [-0.05, 0) is 295 Å². The number of hydrogen-bond acceptors (Lipinski definition) is 13. The minimum Gasteiger partial charge on any atom is -0.392 e. The van der Waals surface area contributed by atoms with Crippen molar-refractivity contribution in [1.29, 1.82) is 0 Å². The SMILES string of the molecule is CC(=O)Nc1nc2cc(CO)c(CO)cc2cc1-c1cc(-c2ccccc2)cc(-c2ccccc2)c1.C[n+]1cc(-c2cc(-c3ccccc3)cc(-c3ccccc3)c2)cc2cc(CO)c(CO)cc21.Nc1nc2cc(CO)c(CO)cc2cc1-c1cc(-c2ccccc2)cc(-c2ccccc2)c1.OCc1cc2cc(-c3cc(-c4ccccc4)cc(-c4ccccc4)c3)cnc2cc1CO. The van der Waals surface area contributed by atoms with E-state index in [1.807, 2.05) is 159 Å². The van der Waals surface area contributed by atoms with E-state index in [9.17, 15) is 45.6 Å². The molecule has 0 spiro atoms. The molecule has 11 N–H and O–H groups in total. The largest absolute Gasteiger partial charge is 0.392 e. The summed E-state index contributed by atoms with van der Waals surface area (Å²) in [5, 5.41) is 84.1. The summed E-state index contributed by atoms with van der Waals surface area (Å²) in [6.07, 6.45) is 4.00. The highest BCUT2D eigenvalue weighted by Crippen LogP contribution is 2.42. The predicted molar refractivity (Wildman–Crippen MR) is 542 cm³/mol. The third-order valence-corrected chi connectivity index (χ3v) is 24.2. The summed E-state index contributed by atoms with van der Waals surface area (Å²) in [4.78, 5) is 26.1. The molecule has 134 heavy (non-hydrogen) atoms. The van der Waals surface area contributed by atoms with E-state index in [0.717, 1.165) is 161 Å². The normalized spacial score (nSPS) is 11.1. The number of carbonyl (C=O) groups is 1. The Bertz CT molecular complexity index is 7360. The van der Waals surface area contributed by atoms with Crippen molar-refractivity contribution in [2.75, 3.05) is 11.1 Å². The standard InChI is InChI=1S/C31H26N2O3.C30H26NO2.C29H24N2O2.C29H23NO2/c1-20(36)32-31-29(16-26-15-27(18-34)28(19-35)17-30(26)33-31)25-13-23(21-8-4-2-5-9-21)12-24(14-25)22-10-6-3-7-11-22;1-31-18-27(15-26-16-28(19-32)29(20-33)17-30(26)31)25-13-23(21-8-4-2-5-9-21)12-24(14-25)22-10-6-3-7-11-22;30-29-27(15-24-14-25(17-32)26(18-33)16-28(24)31-29)23-12-21(19-7-3-1-4-8-19)11-22(13-23)20-9-5-2-6-10-20;31-18-27-15-25-14-26(17-30-29(25)16-28(27)19-32)24-12-22(20-7-3-1-4-8-20)11-23(13-24)21-9-5-2-6-10-21/h2-17,34-35H,18-19H2,1H3,(H,32,33,36);2-18,32-33H,19-20H2,1H3;1-16,32-33H,17-18H2,(H2,30,31);1-17,31-32H,18-19H2/q;+1;;. The van der Waals surface area contributed by atoms with E-state index in [1.165, 1.54) is 29.2 Å². The van der Waals surface area contributed by atoms with Crippen LogP contribution in [0.1, 0.15) is 51.4 Å². The maximum Gasteiger partial charge on any atom is 0.222 e. The van der Waals surface area contributed by atoms with Crippen molar-refractivity contribution >= 4 is 61.2 Å². The van der Waals surface area contributed by atoms with E-state index in [0.29, 0.717) is 50.5 Å². The molecule has 0 bridgehead atoms. The fourth-order valence-corrected chi connectivity index (χ4v) is 17.2. The first-order valence-corrected chi connectivity index (χ1v) is 44.4. The molecule has 15 heteroatoms. The lowest BCUT2D eigenvalue weighted by atomic mass is 9.92. The Labute approximate surface area is 778 Å². The van der Waals surface area contributed by atoms with Crippen molar-refractivity contribution in [2.45, 2.75) is 59.8 Å². The van der Waals surface area contributed by atoms with Crippen molar-refractivity contribution < 1.29 is 50.2 Å². The molecule has 4 aromatic heterocycles. The van der Waals surface area contributed by atoms with Gasteiger partial charge in [-0.1, -0.05) is 243 Å². The summed E-state index contributed by atoms with van der Waals surface area (Å²) in [5.74, 6) is 0.646. The number of nitrogens with zero attached hydrogens (tertiary/aromatic N) is 4. The van der Waals surface area contributed by atoms with Gasteiger partial charge in [0.1, 0.15) is 18.7 Å². The van der Waals surface area contributed by atoms with E-state index in [2.05, 4.69) is 257 Å². The molecule has 0 aliphatic carbocycles. The number of rotatable bonds is 21. The number of benzene rings is 16. The molecule has 0 unspecified atom stereocenters. The molecule has 0 atom stereocenters. The number of anilines is 2. The highest BCUT2D eigenvalue weighted by atomic mass is 16.3. The number of nitrogens with one attached hydrogen (secondary N) is 1. The quantitative estimate of drug-likeness (QED) is 0.0301. The van der Waals surface area contributed by atoms with Gasteiger partial charge in [0.15, 0.2) is 6.20 Å². The number of pyridine rings is 4. The average Bonchev–Trinajstić information content (AvgIpc) is 0.739. The van der Waals surface area contributed by atoms with E-state index < -0.39 is 0 Å². The number of carbonyl (C=O) groups excluding carboxylic acids is 1. The number of aliphatic hydroxyl groups is 8. The van der Waals surface area contributed by atoms with Crippen LogP contribution >= 0.6 is 0 Å². The Morgan fingerprint density at radius 3 is 0.828 bits per heavy atom. The van der Waals surface area contributed by atoms with Crippen LogP contribution in [0.3, 0.4) is 0 Å². The number of aromatic nitrogens is 4. The Morgan fingerprint density at radius 2 is 0.507 bits per heavy atom. The number of hydrogen-bond donors (Lipinski definition) is 10. The lowest BCUT2D eigenvalue weighted by Gasteiger charge is -2.16. The fourth-order valence-electron chi connectivity index (χ4n) is 17.2. The second-order valence-electron chi connectivity index (χ2n) is 33.1. The molecule has 0 saturated carbocycles. The van der Waals surface area contributed by atoms with Gasteiger partial charge in [-0.15, -0.1) is 0 Å². The molecule has 20 aromatic rings. The van der Waals surface area contributed by atoms with Gasteiger partial charge in [-0.3, -0.25) is 9.78 Å². The van der Waals surface area contributed by atoms with Gasteiger partial charge in [0.05, 0.1) is 69.4 Å². The average molecular weight is 1760 g/mol. The van der Waals surface area contributed by atoms with Crippen LogP contribution < -0.4 is 15.6 Å². The maximum atomic E-state index is 12.1. The molecule has 0 aliphatic heterocycles. The topological polar surface area (TPSA) is 260 Å². The van der Waals surface area contributed by atoms with Crippen LogP contribution in [-0.4, -0.2) is 61.7 Å².